The molecule has 0 aliphatic rings. The van der Waals surface area contributed by atoms with Crippen molar-refractivity contribution in [3.05, 3.63) is 47.5 Å². The topological polar surface area (TPSA) is 118 Å². The molecule has 0 bridgehead atoms. The van der Waals surface area contributed by atoms with Crippen LogP contribution in [-0.4, -0.2) is 22.0 Å². The van der Waals surface area contributed by atoms with E-state index in [0.717, 1.165) is 0 Å². The van der Waals surface area contributed by atoms with Crippen LogP contribution in [0.5, 0.6) is 0 Å². The Labute approximate surface area is 108 Å². The van der Waals surface area contributed by atoms with Crippen LogP contribution in [0.3, 0.4) is 0 Å². The summed E-state index contributed by atoms with van der Waals surface area (Å²) in [6.45, 7) is 0.199. The lowest BCUT2D eigenvalue weighted by atomic mass is 10.2. The second-order valence-electron chi connectivity index (χ2n) is 3.69. The SMILES string of the molecule is NC(=O)c1cccnc1NCc1ccc(C(=O)O)o1. The van der Waals surface area contributed by atoms with E-state index in [9.17, 15) is 9.59 Å². The third-order valence-electron chi connectivity index (χ3n) is 2.38. The van der Waals surface area contributed by atoms with E-state index < -0.39 is 11.9 Å². The Kier molecular flexibility index (Phi) is 3.46. The van der Waals surface area contributed by atoms with Crippen LogP contribution in [0.1, 0.15) is 26.7 Å². The van der Waals surface area contributed by atoms with Crippen LogP contribution in [-0.2, 0) is 6.54 Å². The van der Waals surface area contributed by atoms with Gasteiger partial charge in [-0.15, -0.1) is 0 Å². The number of amides is 1. The summed E-state index contributed by atoms with van der Waals surface area (Å²) < 4.78 is 5.06. The van der Waals surface area contributed by atoms with Gasteiger partial charge >= 0.3 is 5.97 Å². The number of hydrogen-bond donors (Lipinski definition) is 3. The van der Waals surface area contributed by atoms with Gasteiger partial charge in [-0.2, -0.15) is 0 Å². The maximum atomic E-state index is 11.2. The Morgan fingerprint density at radius 3 is 2.79 bits per heavy atom. The van der Waals surface area contributed by atoms with Crippen LogP contribution < -0.4 is 11.1 Å². The minimum atomic E-state index is -1.14. The second kappa shape index (κ2) is 5.21. The molecule has 98 valence electrons. The predicted octanol–water partition coefficient (Wildman–Crippen LogP) is 1.08. The number of primary amides is 1. The molecule has 0 fully saturated rings. The quantitative estimate of drug-likeness (QED) is 0.741. The van der Waals surface area contributed by atoms with E-state index in [1.165, 1.54) is 18.3 Å². The number of rotatable bonds is 5. The van der Waals surface area contributed by atoms with Crippen LogP contribution >= 0.6 is 0 Å². The van der Waals surface area contributed by atoms with Crippen molar-refractivity contribution in [2.75, 3.05) is 5.32 Å². The predicted molar refractivity (Wildman–Crippen MR) is 65.7 cm³/mol. The van der Waals surface area contributed by atoms with Gasteiger partial charge in [0.2, 0.25) is 5.76 Å². The van der Waals surface area contributed by atoms with Crippen LogP contribution in [0.15, 0.2) is 34.9 Å². The molecule has 2 aromatic heterocycles. The Hall–Kier alpha value is -2.83. The maximum Gasteiger partial charge on any atom is 0.371 e. The van der Waals surface area contributed by atoms with Crippen LogP contribution in [0.2, 0.25) is 0 Å². The summed E-state index contributed by atoms with van der Waals surface area (Å²) >= 11 is 0. The van der Waals surface area contributed by atoms with E-state index >= 15 is 0 Å². The summed E-state index contributed by atoms with van der Waals surface area (Å²) in [4.78, 5) is 25.8. The first-order valence-corrected chi connectivity index (χ1v) is 5.38. The molecule has 0 saturated heterocycles. The Bertz CT molecular complexity index is 621. The molecule has 0 atom stereocenters. The zero-order chi connectivity index (χ0) is 13.8. The van der Waals surface area contributed by atoms with Crippen molar-refractivity contribution in [1.29, 1.82) is 0 Å². The highest BCUT2D eigenvalue weighted by Crippen LogP contribution is 2.14. The number of carbonyl (C=O) groups is 2. The highest BCUT2D eigenvalue weighted by Gasteiger charge is 2.11. The minimum absolute atomic E-state index is 0.145. The second-order valence-corrected chi connectivity index (χ2v) is 3.69. The number of pyridine rings is 1. The number of nitrogens with zero attached hydrogens (tertiary/aromatic N) is 1. The zero-order valence-electron chi connectivity index (χ0n) is 9.79. The number of carbonyl (C=O) groups excluding carboxylic acids is 1. The number of aromatic carboxylic acids is 1. The maximum absolute atomic E-state index is 11.2. The molecule has 4 N–H and O–H groups in total. The summed E-state index contributed by atoms with van der Waals surface area (Å²) in [6.07, 6.45) is 1.51. The smallest absolute Gasteiger partial charge is 0.371 e. The molecule has 0 radical (unpaired) electrons. The minimum Gasteiger partial charge on any atom is -0.475 e. The van der Waals surface area contributed by atoms with E-state index in [4.69, 9.17) is 15.3 Å². The normalized spacial score (nSPS) is 10.1. The molecule has 0 spiro atoms. The summed E-state index contributed by atoms with van der Waals surface area (Å²) in [7, 11) is 0. The fraction of sp³-hybridized carbons (Fsp3) is 0.0833. The summed E-state index contributed by atoms with van der Waals surface area (Å²) in [5.74, 6) is -1.14. The molecule has 0 aliphatic heterocycles. The highest BCUT2D eigenvalue weighted by atomic mass is 16.4. The number of hydrogen-bond acceptors (Lipinski definition) is 5. The molecule has 0 unspecified atom stereocenters. The van der Waals surface area contributed by atoms with Crippen molar-refractivity contribution < 1.29 is 19.1 Å². The van der Waals surface area contributed by atoms with Crippen molar-refractivity contribution in [1.82, 2.24) is 4.98 Å². The molecular formula is C12H11N3O4. The average molecular weight is 261 g/mol. The van der Waals surface area contributed by atoms with Gasteiger partial charge in [-0.3, -0.25) is 4.79 Å². The molecule has 0 saturated carbocycles. The molecule has 7 nitrogen and oxygen atoms in total. The van der Waals surface area contributed by atoms with Gasteiger partial charge in [0.15, 0.2) is 0 Å². The number of carboxylic acid groups (broad SMARTS) is 1. The van der Waals surface area contributed by atoms with Gasteiger partial charge < -0.3 is 20.6 Å². The van der Waals surface area contributed by atoms with Gasteiger partial charge in [-0.05, 0) is 24.3 Å². The Morgan fingerprint density at radius 1 is 1.37 bits per heavy atom. The van der Waals surface area contributed by atoms with Crippen LogP contribution in [0.4, 0.5) is 5.82 Å². The molecular weight excluding hydrogens is 250 g/mol. The first-order chi connectivity index (χ1) is 9.08. The standard InChI is InChI=1S/C12H11N3O4/c13-10(16)8-2-1-5-14-11(8)15-6-7-3-4-9(19-7)12(17)18/h1-5H,6H2,(H2,13,16)(H,14,15)(H,17,18). The number of nitrogens with two attached hydrogens (primary N) is 1. The monoisotopic (exact) mass is 261 g/mol. The van der Waals surface area contributed by atoms with Gasteiger partial charge in [0.25, 0.3) is 5.91 Å². The van der Waals surface area contributed by atoms with Crippen LogP contribution in [0.25, 0.3) is 0 Å². The van der Waals surface area contributed by atoms with E-state index in [2.05, 4.69) is 10.3 Å². The van der Waals surface area contributed by atoms with Crippen molar-refractivity contribution in [3.8, 4) is 0 Å². The fourth-order valence-corrected chi connectivity index (χ4v) is 1.50. The summed E-state index contributed by atoms with van der Waals surface area (Å²) in [5.41, 5.74) is 5.46. The molecule has 19 heavy (non-hydrogen) atoms. The molecule has 2 rings (SSSR count). The summed E-state index contributed by atoms with van der Waals surface area (Å²) in [6, 6.07) is 6.03. The number of aromatic nitrogens is 1. The Morgan fingerprint density at radius 2 is 2.16 bits per heavy atom. The van der Waals surface area contributed by atoms with Gasteiger partial charge in [0, 0.05) is 6.20 Å². The van der Waals surface area contributed by atoms with Gasteiger partial charge in [0.05, 0.1) is 12.1 Å². The molecule has 0 aromatic carbocycles. The summed E-state index contributed by atoms with van der Waals surface area (Å²) in [5, 5.41) is 11.6. The largest absolute Gasteiger partial charge is 0.475 e. The molecule has 2 aromatic rings. The van der Waals surface area contributed by atoms with Gasteiger partial charge in [-0.1, -0.05) is 0 Å². The zero-order valence-corrected chi connectivity index (χ0v) is 9.79. The number of anilines is 1. The first kappa shape index (κ1) is 12.6. The molecule has 7 heteroatoms. The van der Waals surface area contributed by atoms with Crippen molar-refractivity contribution in [3.63, 3.8) is 0 Å². The van der Waals surface area contributed by atoms with E-state index in [1.54, 1.807) is 12.1 Å². The third-order valence-corrected chi connectivity index (χ3v) is 2.38. The first-order valence-electron chi connectivity index (χ1n) is 5.38. The lowest BCUT2D eigenvalue weighted by Crippen LogP contribution is -2.15. The van der Waals surface area contributed by atoms with Crippen molar-refractivity contribution in [2.24, 2.45) is 5.73 Å². The van der Waals surface area contributed by atoms with E-state index in [0.29, 0.717) is 11.6 Å². The highest BCUT2D eigenvalue weighted by molar-refractivity contribution is 5.97. The van der Waals surface area contributed by atoms with E-state index in [1.807, 2.05) is 0 Å². The molecule has 1 amide bonds. The lowest BCUT2D eigenvalue weighted by Gasteiger charge is -2.06. The Balaban J connectivity index is 2.10. The number of carboxylic acids is 1. The fourth-order valence-electron chi connectivity index (χ4n) is 1.50. The van der Waals surface area contributed by atoms with Crippen molar-refractivity contribution in [2.45, 2.75) is 6.54 Å². The number of furan rings is 1. The average Bonchev–Trinajstić information content (AvgIpc) is 2.85. The molecule has 0 aliphatic carbocycles. The van der Waals surface area contributed by atoms with Crippen molar-refractivity contribution >= 4 is 17.7 Å². The lowest BCUT2D eigenvalue weighted by molar-refractivity contribution is 0.0660. The third kappa shape index (κ3) is 2.89. The van der Waals surface area contributed by atoms with Gasteiger partial charge in [0.1, 0.15) is 11.6 Å². The van der Waals surface area contributed by atoms with Crippen LogP contribution in [0, 0.1) is 0 Å². The van der Waals surface area contributed by atoms with E-state index in [-0.39, 0.29) is 17.9 Å². The number of nitrogens with one attached hydrogen (secondary N) is 1. The van der Waals surface area contributed by atoms with Gasteiger partial charge in [-0.25, -0.2) is 9.78 Å². The molecule has 2 heterocycles.